The van der Waals surface area contributed by atoms with E-state index in [1.807, 2.05) is 0 Å². The molecule has 16 heavy (non-hydrogen) atoms. The predicted octanol–water partition coefficient (Wildman–Crippen LogP) is 0.927. The molecule has 0 aliphatic heterocycles. The summed E-state index contributed by atoms with van der Waals surface area (Å²) in [6, 6.07) is 2.09. The molecule has 0 bridgehead atoms. The maximum Gasteiger partial charge on any atom is 0.307 e. The van der Waals surface area contributed by atoms with E-state index in [9.17, 15) is 4.79 Å². The summed E-state index contributed by atoms with van der Waals surface area (Å²) in [4.78, 5) is 10.3. The molecule has 0 rings (SSSR count). The lowest BCUT2D eigenvalue weighted by atomic mass is 10.2. The molecule has 0 fully saturated rings. The van der Waals surface area contributed by atoms with Crippen molar-refractivity contribution >= 4 is 5.97 Å². The molecule has 0 atom stereocenters. The number of carbonyl (C=O) groups excluding carboxylic acids is 1. The minimum absolute atomic E-state index is 0.213. The van der Waals surface area contributed by atoms with E-state index in [1.54, 1.807) is 6.92 Å². The lowest BCUT2D eigenvalue weighted by Crippen LogP contribution is -2.10. The summed E-state index contributed by atoms with van der Waals surface area (Å²) < 4.78 is 4.56. The number of rotatable bonds is 7. The zero-order valence-electron chi connectivity index (χ0n) is 10.1. The van der Waals surface area contributed by atoms with Gasteiger partial charge in [0.25, 0.3) is 0 Å². The Bertz CT molecular complexity index is 182. The van der Waals surface area contributed by atoms with Gasteiger partial charge in [-0.15, -0.1) is 0 Å². The molecule has 0 aromatic carbocycles. The molecule has 0 aromatic heterocycles. The highest BCUT2D eigenvalue weighted by Crippen LogP contribution is 1.95. The molecule has 5 nitrogen and oxygen atoms in total. The molecule has 0 heterocycles. The Hall–Kier alpha value is -1.12. The van der Waals surface area contributed by atoms with Crippen LogP contribution in [0.3, 0.4) is 0 Å². The molecular formula is C11H23N3O2. The minimum atomic E-state index is -0.213. The molecule has 0 radical (unpaired) electrons. The van der Waals surface area contributed by atoms with Crippen molar-refractivity contribution in [2.45, 2.75) is 39.0 Å². The summed E-state index contributed by atoms with van der Waals surface area (Å²) in [7, 11) is 0. The highest BCUT2D eigenvalue weighted by Gasteiger charge is 1.95. The summed E-state index contributed by atoms with van der Waals surface area (Å²) in [5.74, 6) is -0.213. The third-order valence-electron chi connectivity index (χ3n) is 1.65. The average molecular weight is 229 g/mol. The van der Waals surface area contributed by atoms with Crippen molar-refractivity contribution < 1.29 is 9.53 Å². The van der Waals surface area contributed by atoms with E-state index in [2.05, 4.69) is 10.8 Å². The first-order valence-corrected chi connectivity index (χ1v) is 5.65. The lowest BCUT2D eigenvalue weighted by Gasteiger charge is -1.96. The molecule has 5 heteroatoms. The van der Waals surface area contributed by atoms with Gasteiger partial charge in [0.05, 0.1) is 19.1 Å². The number of unbranched alkanes of at least 4 members (excludes halogenated alkanes) is 3. The largest absolute Gasteiger partial charge is 0.466 e. The van der Waals surface area contributed by atoms with Crippen LogP contribution >= 0.6 is 0 Å². The van der Waals surface area contributed by atoms with E-state index >= 15 is 0 Å². The number of nitrogens with two attached hydrogens (primary N) is 2. The van der Waals surface area contributed by atoms with Gasteiger partial charge in [0.15, 0.2) is 0 Å². The molecule has 0 saturated heterocycles. The first kappa shape index (κ1) is 17.3. The number of nitriles is 1. The number of ether oxygens (including phenoxy) is 1. The van der Waals surface area contributed by atoms with Gasteiger partial charge in [-0.2, -0.15) is 5.26 Å². The van der Waals surface area contributed by atoms with Crippen molar-refractivity contribution in [2.75, 3.05) is 19.7 Å². The van der Waals surface area contributed by atoms with Gasteiger partial charge in [-0.05, 0) is 26.3 Å². The Morgan fingerprint density at radius 2 is 1.94 bits per heavy atom. The van der Waals surface area contributed by atoms with E-state index in [4.69, 9.17) is 16.7 Å². The SMILES string of the molecule is CCOC(=O)CCN.N#CCCCCCN. The van der Waals surface area contributed by atoms with Crippen molar-refractivity contribution in [3.05, 3.63) is 0 Å². The van der Waals surface area contributed by atoms with E-state index in [0.717, 1.165) is 25.8 Å². The van der Waals surface area contributed by atoms with Crippen molar-refractivity contribution in [2.24, 2.45) is 11.5 Å². The molecule has 0 amide bonds. The Morgan fingerprint density at radius 3 is 2.38 bits per heavy atom. The second-order valence-corrected chi connectivity index (χ2v) is 3.10. The number of hydrogen-bond donors (Lipinski definition) is 2. The topological polar surface area (TPSA) is 102 Å². The van der Waals surface area contributed by atoms with Gasteiger partial charge in [0.1, 0.15) is 0 Å². The van der Waals surface area contributed by atoms with E-state index in [0.29, 0.717) is 26.0 Å². The minimum Gasteiger partial charge on any atom is -0.466 e. The highest BCUT2D eigenvalue weighted by atomic mass is 16.5. The van der Waals surface area contributed by atoms with Crippen LogP contribution in [0.2, 0.25) is 0 Å². The smallest absolute Gasteiger partial charge is 0.307 e. The molecule has 94 valence electrons. The monoisotopic (exact) mass is 229 g/mol. The molecule has 0 aromatic rings. The van der Waals surface area contributed by atoms with Crippen molar-refractivity contribution in [1.82, 2.24) is 0 Å². The van der Waals surface area contributed by atoms with E-state index in [1.165, 1.54) is 0 Å². The zero-order chi connectivity index (χ0) is 12.6. The number of carbonyl (C=O) groups is 1. The maximum absolute atomic E-state index is 10.3. The molecule has 0 aliphatic rings. The van der Waals surface area contributed by atoms with Crippen molar-refractivity contribution in [3.63, 3.8) is 0 Å². The normalized spacial score (nSPS) is 8.62. The summed E-state index contributed by atoms with van der Waals surface area (Å²) in [6.07, 6.45) is 4.17. The van der Waals surface area contributed by atoms with Crippen LogP contribution in [0.1, 0.15) is 39.0 Å². The number of esters is 1. The van der Waals surface area contributed by atoms with Crippen molar-refractivity contribution in [1.29, 1.82) is 5.26 Å². The summed E-state index contributed by atoms with van der Waals surface area (Å²) in [5.41, 5.74) is 10.3. The Morgan fingerprint density at radius 1 is 1.25 bits per heavy atom. The molecule has 0 unspecified atom stereocenters. The quantitative estimate of drug-likeness (QED) is 0.499. The maximum atomic E-state index is 10.3. The predicted molar refractivity (Wildman–Crippen MR) is 63.4 cm³/mol. The highest BCUT2D eigenvalue weighted by molar-refractivity contribution is 5.69. The third-order valence-corrected chi connectivity index (χ3v) is 1.65. The van der Waals surface area contributed by atoms with E-state index < -0.39 is 0 Å². The first-order valence-electron chi connectivity index (χ1n) is 5.65. The van der Waals surface area contributed by atoms with Gasteiger partial charge < -0.3 is 16.2 Å². The van der Waals surface area contributed by atoms with Crippen LogP contribution in [-0.4, -0.2) is 25.7 Å². The van der Waals surface area contributed by atoms with Crippen LogP contribution in [-0.2, 0) is 9.53 Å². The fourth-order valence-electron chi connectivity index (χ4n) is 0.876. The summed E-state index contributed by atoms with van der Waals surface area (Å²) in [5, 5.41) is 8.08. The number of nitrogens with zero attached hydrogens (tertiary/aromatic N) is 1. The van der Waals surface area contributed by atoms with Crippen LogP contribution in [0, 0.1) is 11.3 Å². The molecule has 0 spiro atoms. The Labute approximate surface area is 97.7 Å². The molecule has 0 aliphatic carbocycles. The number of hydrogen-bond acceptors (Lipinski definition) is 5. The van der Waals surface area contributed by atoms with Gasteiger partial charge in [-0.25, -0.2) is 0 Å². The second kappa shape index (κ2) is 16.3. The average Bonchev–Trinajstić information content (AvgIpc) is 2.26. The molecule has 4 N–H and O–H groups in total. The Kier molecular flexibility index (Phi) is 17.6. The van der Waals surface area contributed by atoms with Crippen molar-refractivity contribution in [3.8, 4) is 6.07 Å². The zero-order valence-corrected chi connectivity index (χ0v) is 10.1. The van der Waals surface area contributed by atoms with Gasteiger partial charge in [-0.3, -0.25) is 4.79 Å². The fourth-order valence-corrected chi connectivity index (χ4v) is 0.876. The standard InChI is InChI=1S/C6H12N2.C5H11NO2/c7-5-3-1-2-4-6-8;1-2-8-5(7)3-4-6/h1-5,7H2;2-4,6H2,1H3. The van der Waals surface area contributed by atoms with Crippen LogP contribution in [0.5, 0.6) is 0 Å². The van der Waals surface area contributed by atoms with Crippen LogP contribution < -0.4 is 11.5 Å². The fraction of sp³-hybridized carbons (Fsp3) is 0.818. The van der Waals surface area contributed by atoms with Crippen LogP contribution in [0.4, 0.5) is 0 Å². The molecular weight excluding hydrogens is 206 g/mol. The van der Waals surface area contributed by atoms with Gasteiger partial charge in [-0.1, -0.05) is 6.42 Å². The van der Waals surface area contributed by atoms with Gasteiger partial charge >= 0.3 is 5.97 Å². The lowest BCUT2D eigenvalue weighted by molar-refractivity contribution is -0.142. The third kappa shape index (κ3) is 18.6. The first-order chi connectivity index (χ1) is 7.72. The Balaban J connectivity index is 0. The van der Waals surface area contributed by atoms with Crippen LogP contribution in [0.25, 0.3) is 0 Å². The van der Waals surface area contributed by atoms with Gasteiger partial charge in [0.2, 0.25) is 0 Å². The second-order valence-electron chi connectivity index (χ2n) is 3.10. The van der Waals surface area contributed by atoms with E-state index in [-0.39, 0.29) is 5.97 Å². The molecule has 0 saturated carbocycles. The van der Waals surface area contributed by atoms with Crippen LogP contribution in [0.15, 0.2) is 0 Å². The van der Waals surface area contributed by atoms with Gasteiger partial charge in [0, 0.05) is 13.0 Å². The summed E-state index contributed by atoms with van der Waals surface area (Å²) in [6.45, 7) is 3.34. The summed E-state index contributed by atoms with van der Waals surface area (Å²) >= 11 is 0.